The van der Waals surface area contributed by atoms with Crippen LogP contribution in [0.3, 0.4) is 0 Å². The Balaban J connectivity index is 1.56. The van der Waals surface area contributed by atoms with E-state index in [-0.39, 0.29) is 23.6 Å². The first-order valence-corrected chi connectivity index (χ1v) is 12.3. The van der Waals surface area contributed by atoms with Gasteiger partial charge in [-0.05, 0) is 40.8 Å². The zero-order valence-corrected chi connectivity index (χ0v) is 20.4. The molecule has 0 amide bonds. The molecule has 1 aliphatic carbocycles. The minimum atomic E-state index is -4.75. The Morgan fingerprint density at radius 1 is 0.946 bits per heavy atom. The molecular weight excluding hydrogens is 479 g/mol. The summed E-state index contributed by atoms with van der Waals surface area (Å²) in [7, 11) is 1.43. The molecule has 7 heteroatoms. The summed E-state index contributed by atoms with van der Waals surface area (Å²) in [4.78, 5) is 16.0. The minimum Gasteiger partial charge on any atom is -0.469 e. The Bertz CT molecular complexity index is 1260. The van der Waals surface area contributed by atoms with E-state index in [0.717, 1.165) is 22.3 Å². The fourth-order valence-electron chi connectivity index (χ4n) is 6.08. The highest BCUT2D eigenvalue weighted by molar-refractivity contribution is 5.86. The van der Waals surface area contributed by atoms with E-state index in [0.29, 0.717) is 26.1 Å². The van der Waals surface area contributed by atoms with Crippen molar-refractivity contribution in [1.82, 2.24) is 4.90 Å². The zero-order chi connectivity index (χ0) is 26.0. The number of rotatable bonds is 6. The van der Waals surface area contributed by atoms with Crippen LogP contribution in [0.15, 0.2) is 91.0 Å². The number of hydrogen-bond donors (Lipinski definition) is 0. The first-order chi connectivity index (χ1) is 17.8. The number of methoxy groups -OCH3 is 1. The van der Waals surface area contributed by atoms with Crippen LogP contribution >= 0.6 is 0 Å². The maximum Gasteiger partial charge on any atom is 0.573 e. The van der Waals surface area contributed by atoms with Crippen molar-refractivity contribution in [2.75, 3.05) is 20.2 Å². The van der Waals surface area contributed by atoms with Crippen LogP contribution in [0.1, 0.15) is 29.0 Å². The average Bonchev–Trinajstić information content (AvgIpc) is 3.28. The smallest absolute Gasteiger partial charge is 0.469 e. The highest BCUT2D eigenvalue weighted by Crippen LogP contribution is 2.57. The number of fused-ring (bicyclic) bond motifs is 1. The lowest BCUT2D eigenvalue weighted by atomic mass is 9.59. The molecule has 5 rings (SSSR count). The van der Waals surface area contributed by atoms with Crippen LogP contribution in [0.4, 0.5) is 13.2 Å². The van der Waals surface area contributed by atoms with Gasteiger partial charge in [0, 0.05) is 31.5 Å². The molecule has 3 aromatic carbocycles. The van der Waals surface area contributed by atoms with Crippen LogP contribution in [-0.2, 0) is 16.1 Å². The van der Waals surface area contributed by atoms with Gasteiger partial charge in [-0.1, -0.05) is 78.9 Å². The highest BCUT2D eigenvalue weighted by atomic mass is 19.4. The Hall–Kier alpha value is -3.58. The predicted octanol–water partition coefficient (Wildman–Crippen LogP) is 6.45. The predicted molar refractivity (Wildman–Crippen MR) is 135 cm³/mol. The number of hydrogen-bond acceptors (Lipinski definition) is 4. The fraction of sp³-hybridized carbons (Fsp3) is 0.300. The van der Waals surface area contributed by atoms with Crippen molar-refractivity contribution in [1.29, 1.82) is 0 Å². The van der Waals surface area contributed by atoms with Crippen LogP contribution in [-0.4, -0.2) is 37.4 Å². The molecule has 2 aliphatic rings. The third-order valence-corrected chi connectivity index (χ3v) is 7.56. The molecule has 0 N–H and O–H groups in total. The second kappa shape index (κ2) is 10.1. The molecule has 0 aromatic heterocycles. The van der Waals surface area contributed by atoms with Crippen LogP contribution in [0.25, 0.3) is 5.57 Å². The van der Waals surface area contributed by atoms with Gasteiger partial charge in [0.25, 0.3) is 0 Å². The van der Waals surface area contributed by atoms with Crippen molar-refractivity contribution in [3.8, 4) is 5.75 Å². The summed E-state index contributed by atoms with van der Waals surface area (Å²) in [5.41, 5.74) is 3.11. The van der Waals surface area contributed by atoms with Gasteiger partial charge in [0.15, 0.2) is 0 Å². The lowest BCUT2D eigenvalue weighted by molar-refractivity contribution is -0.274. The first kappa shape index (κ1) is 25.1. The summed E-state index contributed by atoms with van der Waals surface area (Å²) < 4.78 is 47.6. The van der Waals surface area contributed by atoms with Gasteiger partial charge in [0.2, 0.25) is 0 Å². The largest absolute Gasteiger partial charge is 0.573 e. The van der Waals surface area contributed by atoms with Gasteiger partial charge in [-0.25, -0.2) is 0 Å². The Kier molecular flexibility index (Phi) is 6.82. The summed E-state index contributed by atoms with van der Waals surface area (Å²) in [5, 5.41) is 0. The minimum absolute atomic E-state index is 0.0940. The molecule has 4 nitrogen and oxygen atoms in total. The van der Waals surface area contributed by atoms with Crippen LogP contribution < -0.4 is 4.74 Å². The monoisotopic (exact) mass is 507 g/mol. The number of ether oxygens (including phenoxy) is 2. The van der Waals surface area contributed by atoms with E-state index in [1.54, 1.807) is 12.1 Å². The first-order valence-electron chi connectivity index (χ1n) is 12.3. The van der Waals surface area contributed by atoms with E-state index in [2.05, 4.69) is 27.8 Å². The highest BCUT2D eigenvalue weighted by Gasteiger charge is 2.60. The van der Waals surface area contributed by atoms with Gasteiger partial charge in [-0.15, -0.1) is 13.2 Å². The van der Waals surface area contributed by atoms with Crippen molar-refractivity contribution in [3.63, 3.8) is 0 Å². The number of halogens is 3. The molecule has 0 saturated carbocycles. The number of carbonyl (C=O) groups is 1. The standard InChI is InChI=1S/C30H28F3NO3/c1-36-28(35)29-20-34(18-21-8-4-2-5-9-21)19-27(29)25(16-17-26(29)23-10-6-3-7-11-23)22-12-14-24(15-13-22)37-30(31,32)33/h2-16,26-27H,17-20H2,1H3. The summed E-state index contributed by atoms with van der Waals surface area (Å²) >= 11 is 0. The number of esters is 1. The molecule has 192 valence electrons. The lowest BCUT2D eigenvalue weighted by Gasteiger charge is -2.43. The maximum atomic E-state index is 13.7. The molecule has 1 fully saturated rings. The number of alkyl halides is 3. The molecule has 37 heavy (non-hydrogen) atoms. The summed E-state index contributed by atoms with van der Waals surface area (Å²) in [6.07, 6.45) is -2.00. The molecule has 0 bridgehead atoms. The van der Waals surface area contributed by atoms with Crippen molar-refractivity contribution in [3.05, 3.63) is 108 Å². The number of benzene rings is 3. The Labute approximate surface area is 214 Å². The van der Waals surface area contributed by atoms with E-state index < -0.39 is 11.8 Å². The van der Waals surface area contributed by atoms with Crippen molar-refractivity contribution >= 4 is 11.5 Å². The van der Waals surface area contributed by atoms with Gasteiger partial charge in [0.05, 0.1) is 12.5 Å². The molecule has 3 atom stereocenters. The van der Waals surface area contributed by atoms with E-state index in [9.17, 15) is 18.0 Å². The number of carbonyl (C=O) groups excluding carboxylic acids is 1. The lowest BCUT2D eigenvalue weighted by Crippen LogP contribution is -2.47. The average molecular weight is 508 g/mol. The maximum absolute atomic E-state index is 13.7. The zero-order valence-electron chi connectivity index (χ0n) is 20.4. The second-order valence-electron chi connectivity index (χ2n) is 9.67. The van der Waals surface area contributed by atoms with Crippen LogP contribution in [0.2, 0.25) is 0 Å². The SMILES string of the molecule is COC(=O)C12CN(Cc3ccccc3)CC1C(c1ccc(OC(F)(F)F)cc1)=CCC2c1ccccc1. The van der Waals surface area contributed by atoms with Gasteiger partial charge in [0.1, 0.15) is 5.75 Å². The molecular formula is C30H28F3NO3. The van der Waals surface area contributed by atoms with E-state index in [1.807, 2.05) is 48.5 Å². The Morgan fingerprint density at radius 3 is 2.22 bits per heavy atom. The normalized spacial score (nSPS) is 23.7. The fourth-order valence-corrected chi connectivity index (χ4v) is 6.08. The third kappa shape index (κ3) is 5.01. The van der Waals surface area contributed by atoms with Gasteiger partial charge in [-0.2, -0.15) is 0 Å². The van der Waals surface area contributed by atoms with Crippen molar-refractivity contribution in [2.24, 2.45) is 11.3 Å². The Morgan fingerprint density at radius 2 is 1.59 bits per heavy atom. The summed E-state index contributed by atoms with van der Waals surface area (Å²) in [6, 6.07) is 26.0. The molecule has 0 spiro atoms. The van der Waals surface area contributed by atoms with Gasteiger partial charge in [-0.3, -0.25) is 9.69 Å². The number of nitrogens with zero attached hydrogens (tertiary/aromatic N) is 1. The number of likely N-dealkylation sites (tertiary alicyclic amines) is 1. The summed E-state index contributed by atoms with van der Waals surface area (Å²) in [6.45, 7) is 1.83. The molecule has 0 radical (unpaired) electrons. The van der Waals surface area contributed by atoms with Crippen molar-refractivity contribution < 1.29 is 27.4 Å². The van der Waals surface area contributed by atoms with Crippen LogP contribution in [0, 0.1) is 11.3 Å². The van der Waals surface area contributed by atoms with Gasteiger partial charge >= 0.3 is 12.3 Å². The second-order valence-corrected chi connectivity index (χ2v) is 9.67. The molecule has 1 saturated heterocycles. The van der Waals surface area contributed by atoms with E-state index in [4.69, 9.17) is 4.74 Å². The van der Waals surface area contributed by atoms with Gasteiger partial charge < -0.3 is 9.47 Å². The molecule has 1 aliphatic heterocycles. The molecule has 3 aromatic rings. The number of allylic oxidation sites excluding steroid dienone is 1. The molecule has 1 heterocycles. The summed E-state index contributed by atoms with van der Waals surface area (Å²) in [5.74, 6) is -0.823. The van der Waals surface area contributed by atoms with Crippen molar-refractivity contribution in [2.45, 2.75) is 25.2 Å². The third-order valence-electron chi connectivity index (χ3n) is 7.56. The van der Waals surface area contributed by atoms with E-state index in [1.165, 1.54) is 19.2 Å². The quantitative estimate of drug-likeness (QED) is 0.360. The topological polar surface area (TPSA) is 38.8 Å². The van der Waals surface area contributed by atoms with E-state index >= 15 is 0 Å². The van der Waals surface area contributed by atoms with Crippen LogP contribution in [0.5, 0.6) is 5.75 Å². The molecule has 3 unspecified atom stereocenters.